The molecule has 0 fully saturated rings. The number of hydrogen-bond acceptors (Lipinski definition) is 2. The van der Waals surface area contributed by atoms with E-state index in [2.05, 4.69) is 22.6 Å². The van der Waals surface area contributed by atoms with E-state index in [9.17, 15) is 4.79 Å². The summed E-state index contributed by atoms with van der Waals surface area (Å²) in [6.45, 7) is 0.408. The molecule has 0 spiro atoms. The molecule has 0 saturated carbocycles. The minimum absolute atomic E-state index is 0.408. The van der Waals surface area contributed by atoms with Crippen molar-refractivity contribution in [1.82, 2.24) is 0 Å². The Morgan fingerprint density at radius 2 is 2.00 bits per heavy atom. The van der Waals surface area contributed by atoms with Crippen LogP contribution in [-0.2, 0) is 11.4 Å². The Kier molecular flexibility index (Phi) is 6.08. The highest BCUT2D eigenvalue weighted by atomic mass is 127. The van der Waals surface area contributed by atoms with Crippen molar-refractivity contribution in [1.29, 1.82) is 0 Å². The van der Waals surface area contributed by atoms with Crippen molar-refractivity contribution in [3.05, 3.63) is 68.3 Å². The molecule has 21 heavy (non-hydrogen) atoms. The van der Waals surface area contributed by atoms with E-state index >= 15 is 0 Å². The summed E-state index contributed by atoms with van der Waals surface area (Å²) in [7, 11) is 0. The summed E-state index contributed by atoms with van der Waals surface area (Å²) in [6.07, 6.45) is 2.98. The summed E-state index contributed by atoms with van der Waals surface area (Å²) >= 11 is 13.5. The Balaban J connectivity index is 2.08. The molecule has 2 aromatic rings. The van der Waals surface area contributed by atoms with Gasteiger partial charge in [-0.05, 0) is 64.0 Å². The van der Waals surface area contributed by atoms with E-state index in [1.165, 1.54) is 6.08 Å². The number of rotatable bonds is 5. The van der Waals surface area contributed by atoms with Crippen LogP contribution in [-0.4, -0.2) is 5.24 Å². The highest BCUT2D eigenvalue weighted by Crippen LogP contribution is 2.25. The zero-order valence-electron chi connectivity index (χ0n) is 10.9. The van der Waals surface area contributed by atoms with E-state index in [0.717, 1.165) is 20.4 Å². The molecule has 0 aliphatic carbocycles. The number of ether oxygens (including phenoxy) is 1. The van der Waals surface area contributed by atoms with E-state index in [4.69, 9.17) is 27.9 Å². The molecule has 0 radical (unpaired) electrons. The molecule has 0 N–H and O–H groups in total. The summed E-state index contributed by atoms with van der Waals surface area (Å²) in [4.78, 5) is 10.7. The van der Waals surface area contributed by atoms with Crippen LogP contribution in [0.3, 0.4) is 0 Å². The van der Waals surface area contributed by atoms with Crippen molar-refractivity contribution in [2.45, 2.75) is 6.61 Å². The fourth-order valence-corrected chi connectivity index (χ4v) is 2.62. The van der Waals surface area contributed by atoms with Crippen LogP contribution in [0, 0.1) is 3.57 Å². The molecule has 0 amide bonds. The average Bonchev–Trinajstić information content (AvgIpc) is 2.45. The second kappa shape index (κ2) is 7.82. The zero-order chi connectivity index (χ0) is 15.2. The van der Waals surface area contributed by atoms with Crippen LogP contribution in [0.1, 0.15) is 11.1 Å². The molecule has 0 atom stereocenters. The molecule has 2 rings (SSSR count). The lowest BCUT2D eigenvalue weighted by Crippen LogP contribution is -1.97. The first-order valence-electron chi connectivity index (χ1n) is 6.09. The molecule has 0 unspecified atom stereocenters. The van der Waals surface area contributed by atoms with Crippen molar-refractivity contribution in [2.24, 2.45) is 0 Å². The lowest BCUT2D eigenvalue weighted by Gasteiger charge is -2.10. The van der Waals surface area contributed by atoms with Gasteiger partial charge in [-0.1, -0.05) is 41.9 Å². The Hall–Kier alpha value is -1.04. The second-order valence-electron chi connectivity index (χ2n) is 4.21. The summed E-state index contributed by atoms with van der Waals surface area (Å²) < 4.78 is 6.72. The quantitative estimate of drug-likeness (QED) is 0.364. The summed E-state index contributed by atoms with van der Waals surface area (Å²) in [5.74, 6) is 0.768. The highest BCUT2D eigenvalue weighted by molar-refractivity contribution is 14.1. The summed E-state index contributed by atoms with van der Waals surface area (Å²) in [6, 6.07) is 13.2. The van der Waals surface area contributed by atoms with Gasteiger partial charge >= 0.3 is 0 Å². The Labute approximate surface area is 146 Å². The van der Waals surface area contributed by atoms with E-state index in [1.54, 1.807) is 6.08 Å². The molecular weight excluding hydrogens is 422 g/mol. The molecular formula is C16H11Cl2IO2. The highest BCUT2D eigenvalue weighted by Gasteiger charge is 2.04. The van der Waals surface area contributed by atoms with Gasteiger partial charge in [-0.15, -0.1) is 0 Å². The monoisotopic (exact) mass is 432 g/mol. The molecule has 2 aromatic carbocycles. The third kappa shape index (κ3) is 5.02. The maximum atomic E-state index is 10.7. The molecule has 0 bridgehead atoms. The smallest absolute Gasteiger partial charge is 0.245 e. The third-order valence-corrected chi connectivity index (χ3v) is 4.04. The lowest BCUT2D eigenvalue weighted by atomic mass is 10.2. The summed E-state index contributed by atoms with van der Waals surface area (Å²) in [5, 5.41) is 0.191. The maximum absolute atomic E-state index is 10.7. The number of carbonyl (C=O) groups is 1. The van der Waals surface area contributed by atoms with E-state index in [1.807, 2.05) is 42.5 Å². The molecule has 0 aromatic heterocycles. The average molecular weight is 433 g/mol. The fraction of sp³-hybridized carbons (Fsp3) is 0.0625. The molecule has 0 saturated heterocycles. The van der Waals surface area contributed by atoms with Crippen LogP contribution in [0.15, 0.2) is 48.5 Å². The van der Waals surface area contributed by atoms with Crippen molar-refractivity contribution in [3.8, 4) is 5.75 Å². The van der Waals surface area contributed by atoms with Gasteiger partial charge < -0.3 is 4.74 Å². The van der Waals surface area contributed by atoms with Gasteiger partial charge in [-0.25, -0.2) is 0 Å². The zero-order valence-corrected chi connectivity index (χ0v) is 14.5. The number of hydrogen-bond donors (Lipinski definition) is 0. The van der Waals surface area contributed by atoms with Gasteiger partial charge in [0.1, 0.15) is 12.4 Å². The SMILES string of the molecule is O=C(Cl)/C=C/c1ccc(OCc2ccccc2Cl)c(I)c1. The van der Waals surface area contributed by atoms with E-state index < -0.39 is 5.24 Å². The Bertz CT molecular complexity index is 684. The fourth-order valence-electron chi connectivity index (χ4n) is 1.67. The minimum Gasteiger partial charge on any atom is -0.488 e. The molecule has 0 heterocycles. The molecule has 0 aliphatic heterocycles. The first-order valence-corrected chi connectivity index (χ1v) is 7.93. The van der Waals surface area contributed by atoms with Crippen LogP contribution >= 0.6 is 45.8 Å². The largest absolute Gasteiger partial charge is 0.488 e. The Morgan fingerprint density at radius 3 is 2.67 bits per heavy atom. The van der Waals surface area contributed by atoms with Crippen molar-refractivity contribution >= 4 is 57.1 Å². The Morgan fingerprint density at radius 1 is 1.24 bits per heavy atom. The first kappa shape index (κ1) is 16.3. The molecule has 108 valence electrons. The molecule has 5 heteroatoms. The normalized spacial score (nSPS) is 10.8. The van der Waals surface area contributed by atoms with Gasteiger partial charge in [-0.2, -0.15) is 0 Å². The summed E-state index contributed by atoms with van der Waals surface area (Å²) in [5.41, 5.74) is 1.82. The number of halogens is 3. The van der Waals surface area contributed by atoms with Crippen molar-refractivity contribution in [2.75, 3.05) is 0 Å². The predicted octanol–water partition coefficient (Wildman–Crippen LogP) is 5.30. The van der Waals surface area contributed by atoms with E-state index in [0.29, 0.717) is 11.6 Å². The molecule has 0 aliphatic rings. The van der Waals surface area contributed by atoms with Crippen molar-refractivity contribution in [3.63, 3.8) is 0 Å². The van der Waals surface area contributed by atoms with Crippen LogP contribution in [0.4, 0.5) is 0 Å². The van der Waals surface area contributed by atoms with Gasteiger partial charge in [0.2, 0.25) is 5.24 Å². The number of benzene rings is 2. The third-order valence-electron chi connectivity index (χ3n) is 2.70. The molecule has 2 nitrogen and oxygen atoms in total. The predicted molar refractivity (Wildman–Crippen MR) is 94.8 cm³/mol. The van der Waals surface area contributed by atoms with Crippen LogP contribution in [0.25, 0.3) is 6.08 Å². The lowest BCUT2D eigenvalue weighted by molar-refractivity contribution is -0.107. The number of carbonyl (C=O) groups excluding carboxylic acids is 1. The van der Waals surface area contributed by atoms with Crippen molar-refractivity contribution < 1.29 is 9.53 Å². The van der Waals surface area contributed by atoms with Crippen LogP contribution in [0.2, 0.25) is 5.02 Å². The van der Waals surface area contributed by atoms with Gasteiger partial charge in [0.15, 0.2) is 0 Å². The first-order chi connectivity index (χ1) is 10.1. The topological polar surface area (TPSA) is 26.3 Å². The minimum atomic E-state index is -0.496. The van der Waals surface area contributed by atoms with Gasteiger partial charge in [0.25, 0.3) is 0 Å². The van der Waals surface area contributed by atoms with Gasteiger partial charge in [0.05, 0.1) is 3.57 Å². The van der Waals surface area contributed by atoms with Gasteiger partial charge in [0, 0.05) is 10.6 Å². The van der Waals surface area contributed by atoms with Crippen LogP contribution < -0.4 is 4.74 Å². The maximum Gasteiger partial charge on any atom is 0.245 e. The van der Waals surface area contributed by atoms with Crippen LogP contribution in [0.5, 0.6) is 5.75 Å². The van der Waals surface area contributed by atoms with Gasteiger partial charge in [-0.3, -0.25) is 4.79 Å². The number of allylic oxidation sites excluding steroid dienone is 1. The standard InChI is InChI=1S/C16H11Cl2IO2/c17-13-4-2-1-3-12(13)10-21-15-7-5-11(9-14(15)19)6-8-16(18)20/h1-9H,10H2/b8-6+. The second-order valence-corrected chi connectivity index (χ2v) is 6.15. The van der Waals surface area contributed by atoms with E-state index in [-0.39, 0.29) is 0 Å².